The third-order valence-corrected chi connectivity index (χ3v) is 4.46. The Morgan fingerprint density at radius 3 is 2.69 bits per heavy atom. The van der Waals surface area contributed by atoms with Crippen LogP contribution in [0, 0.1) is 6.92 Å². The summed E-state index contributed by atoms with van der Waals surface area (Å²) in [5, 5.41) is 8.37. The number of halogens is 1. The Hall–Kier alpha value is -0.690. The second-order valence-electron chi connectivity index (χ2n) is 3.58. The molecular formula is C10H13BrN4S. The summed E-state index contributed by atoms with van der Waals surface area (Å²) in [5.41, 5.74) is 6.19. The molecule has 0 aliphatic carbocycles. The molecule has 1 atom stereocenters. The van der Waals surface area contributed by atoms with E-state index in [9.17, 15) is 0 Å². The number of nitrogens with zero attached hydrogens (tertiary/aromatic N) is 2. The van der Waals surface area contributed by atoms with Crippen molar-refractivity contribution < 1.29 is 0 Å². The van der Waals surface area contributed by atoms with Crippen LogP contribution in [0.4, 0.5) is 0 Å². The lowest BCUT2D eigenvalue weighted by Gasteiger charge is -2.15. The molecule has 0 aliphatic rings. The Balaban J connectivity index is 2.45. The predicted molar refractivity (Wildman–Crippen MR) is 69.1 cm³/mol. The summed E-state index contributed by atoms with van der Waals surface area (Å²) < 4.78 is 2.92. The molecule has 2 heterocycles. The van der Waals surface area contributed by atoms with Gasteiger partial charge in [-0.2, -0.15) is 16.4 Å². The summed E-state index contributed by atoms with van der Waals surface area (Å²) in [5.74, 6) is 5.64. The Morgan fingerprint density at radius 2 is 2.25 bits per heavy atom. The zero-order valence-corrected chi connectivity index (χ0v) is 11.5. The van der Waals surface area contributed by atoms with Gasteiger partial charge in [-0.15, -0.1) is 0 Å². The summed E-state index contributed by atoms with van der Waals surface area (Å²) in [6.45, 7) is 2.03. The van der Waals surface area contributed by atoms with E-state index in [1.54, 1.807) is 11.3 Å². The van der Waals surface area contributed by atoms with Gasteiger partial charge in [0.2, 0.25) is 0 Å². The van der Waals surface area contributed by atoms with E-state index in [0.29, 0.717) is 0 Å². The monoisotopic (exact) mass is 300 g/mol. The highest BCUT2D eigenvalue weighted by molar-refractivity contribution is 9.10. The molecule has 2 aromatic rings. The fourth-order valence-electron chi connectivity index (χ4n) is 1.64. The molecule has 0 bridgehead atoms. The zero-order chi connectivity index (χ0) is 11.7. The predicted octanol–water partition coefficient (Wildman–Crippen LogP) is 2.11. The Labute approximate surface area is 107 Å². The summed E-state index contributed by atoms with van der Waals surface area (Å²) in [4.78, 5) is 0. The van der Waals surface area contributed by atoms with Crippen molar-refractivity contribution in [3.05, 3.63) is 38.3 Å². The first-order valence-electron chi connectivity index (χ1n) is 4.81. The molecule has 0 saturated heterocycles. The van der Waals surface area contributed by atoms with Crippen molar-refractivity contribution in [2.75, 3.05) is 0 Å². The van der Waals surface area contributed by atoms with Crippen LogP contribution in [0.1, 0.15) is 22.9 Å². The number of hydrogen-bond donors (Lipinski definition) is 2. The van der Waals surface area contributed by atoms with E-state index >= 15 is 0 Å². The molecule has 2 aromatic heterocycles. The Morgan fingerprint density at radius 1 is 1.50 bits per heavy atom. The van der Waals surface area contributed by atoms with E-state index in [4.69, 9.17) is 5.84 Å². The largest absolute Gasteiger partial charge is 0.273 e. The molecular weight excluding hydrogens is 288 g/mol. The number of hydrazine groups is 1. The SMILES string of the molecule is Cc1c(C(NN)c2cscc2Br)cnn1C. The van der Waals surface area contributed by atoms with Crippen LogP contribution in [0.5, 0.6) is 0 Å². The molecule has 0 saturated carbocycles. The van der Waals surface area contributed by atoms with Gasteiger partial charge in [0.15, 0.2) is 0 Å². The van der Waals surface area contributed by atoms with Crippen molar-refractivity contribution in [2.24, 2.45) is 12.9 Å². The molecule has 86 valence electrons. The van der Waals surface area contributed by atoms with Crippen molar-refractivity contribution >= 4 is 27.3 Å². The van der Waals surface area contributed by atoms with Crippen LogP contribution in [0.15, 0.2) is 21.4 Å². The average molecular weight is 301 g/mol. The molecule has 0 aromatic carbocycles. The second kappa shape index (κ2) is 4.67. The molecule has 0 spiro atoms. The minimum atomic E-state index is -0.0191. The lowest BCUT2D eigenvalue weighted by Crippen LogP contribution is -2.29. The first kappa shape index (κ1) is 11.8. The maximum Gasteiger partial charge on any atom is 0.0762 e. The Bertz CT molecular complexity index is 491. The topological polar surface area (TPSA) is 55.9 Å². The van der Waals surface area contributed by atoms with Crippen LogP contribution in [0.2, 0.25) is 0 Å². The minimum Gasteiger partial charge on any atom is -0.273 e. The van der Waals surface area contributed by atoms with E-state index in [1.807, 2.05) is 30.2 Å². The van der Waals surface area contributed by atoms with Crippen molar-refractivity contribution in [1.29, 1.82) is 0 Å². The van der Waals surface area contributed by atoms with Crippen molar-refractivity contribution in [3.8, 4) is 0 Å². The number of aromatic nitrogens is 2. The summed E-state index contributed by atoms with van der Waals surface area (Å²) in [6, 6.07) is -0.0191. The second-order valence-corrected chi connectivity index (χ2v) is 5.18. The van der Waals surface area contributed by atoms with Crippen LogP contribution in [0.25, 0.3) is 0 Å². The minimum absolute atomic E-state index is 0.0191. The molecule has 2 rings (SSSR count). The summed E-state index contributed by atoms with van der Waals surface area (Å²) >= 11 is 5.17. The first-order valence-corrected chi connectivity index (χ1v) is 6.55. The van der Waals surface area contributed by atoms with E-state index in [1.165, 1.54) is 0 Å². The Kier molecular flexibility index (Phi) is 3.44. The third kappa shape index (κ3) is 1.93. The highest BCUT2D eigenvalue weighted by atomic mass is 79.9. The molecule has 4 nitrogen and oxygen atoms in total. The molecule has 0 radical (unpaired) electrons. The van der Waals surface area contributed by atoms with Crippen LogP contribution >= 0.6 is 27.3 Å². The number of nitrogens with one attached hydrogen (secondary N) is 1. The number of hydrogen-bond acceptors (Lipinski definition) is 4. The normalized spacial score (nSPS) is 13.0. The molecule has 6 heteroatoms. The average Bonchev–Trinajstić information content (AvgIpc) is 2.81. The number of aryl methyl sites for hydroxylation is 1. The number of rotatable bonds is 3. The van der Waals surface area contributed by atoms with Crippen LogP contribution in [-0.4, -0.2) is 9.78 Å². The van der Waals surface area contributed by atoms with Crippen molar-refractivity contribution in [3.63, 3.8) is 0 Å². The van der Waals surface area contributed by atoms with Gasteiger partial charge >= 0.3 is 0 Å². The standard InChI is InChI=1S/C10H13BrN4S/c1-6-7(3-13-15(6)2)10(14-12)8-4-16-5-9(8)11/h3-5,10,14H,12H2,1-2H3. The molecule has 0 aliphatic heterocycles. The van der Waals surface area contributed by atoms with Gasteiger partial charge in [-0.1, -0.05) is 0 Å². The number of nitrogens with two attached hydrogens (primary N) is 1. The van der Waals surface area contributed by atoms with Crippen LogP contribution < -0.4 is 11.3 Å². The van der Waals surface area contributed by atoms with Gasteiger partial charge in [0.25, 0.3) is 0 Å². The third-order valence-electron chi connectivity index (χ3n) is 2.70. The van der Waals surface area contributed by atoms with Gasteiger partial charge in [-0.25, -0.2) is 5.43 Å². The maximum atomic E-state index is 5.64. The zero-order valence-electron chi connectivity index (χ0n) is 9.07. The molecule has 0 fully saturated rings. The van der Waals surface area contributed by atoms with Crippen molar-refractivity contribution in [2.45, 2.75) is 13.0 Å². The molecule has 16 heavy (non-hydrogen) atoms. The summed E-state index contributed by atoms with van der Waals surface area (Å²) in [6.07, 6.45) is 1.85. The first-order chi connectivity index (χ1) is 7.65. The van der Waals surface area contributed by atoms with Crippen LogP contribution in [0.3, 0.4) is 0 Å². The highest BCUT2D eigenvalue weighted by Gasteiger charge is 2.20. The number of thiophene rings is 1. The van der Waals surface area contributed by atoms with Gasteiger partial charge < -0.3 is 0 Å². The fourth-order valence-corrected chi connectivity index (χ4v) is 3.20. The van der Waals surface area contributed by atoms with Gasteiger partial charge in [0, 0.05) is 28.2 Å². The smallest absolute Gasteiger partial charge is 0.0762 e. The van der Waals surface area contributed by atoms with Gasteiger partial charge in [0.05, 0.1) is 12.2 Å². The van der Waals surface area contributed by atoms with E-state index < -0.39 is 0 Å². The maximum absolute atomic E-state index is 5.64. The van der Waals surface area contributed by atoms with Gasteiger partial charge in [-0.3, -0.25) is 10.5 Å². The van der Waals surface area contributed by atoms with Crippen LogP contribution in [-0.2, 0) is 7.05 Å². The molecule has 3 N–H and O–H groups in total. The quantitative estimate of drug-likeness (QED) is 0.674. The fraction of sp³-hybridized carbons (Fsp3) is 0.300. The molecule has 1 unspecified atom stereocenters. The van der Waals surface area contributed by atoms with Crippen molar-refractivity contribution in [1.82, 2.24) is 15.2 Å². The van der Waals surface area contributed by atoms with Gasteiger partial charge in [0.1, 0.15) is 0 Å². The lowest BCUT2D eigenvalue weighted by molar-refractivity contribution is 0.630. The van der Waals surface area contributed by atoms with Gasteiger partial charge in [-0.05, 0) is 33.8 Å². The van der Waals surface area contributed by atoms with E-state index in [0.717, 1.165) is 21.3 Å². The highest BCUT2D eigenvalue weighted by Crippen LogP contribution is 2.32. The molecule has 0 amide bonds. The van der Waals surface area contributed by atoms with E-state index in [2.05, 4.69) is 31.8 Å². The van der Waals surface area contributed by atoms with E-state index in [-0.39, 0.29) is 6.04 Å². The lowest BCUT2D eigenvalue weighted by atomic mass is 10.0. The summed E-state index contributed by atoms with van der Waals surface area (Å²) in [7, 11) is 1.93.